The maximum absolute atomic E-state index is 12.3. The van der Waals surface area contributed by atoms with Crippen LogP contribution in [0.3, 0.4) is 0 Å². The lowest BCUT2D eigenvalue weighted by Gasteiger charge is -2.31. The van der Waals surface area contributed by atoms with Gasteiger partial charge in [-0.3, -0.25) is 4.79 Å². The summed E-state index contributed by atoms with van der Waals surface area (Å²) < 4.78 is 24.7. The van der Waals surface area contributed by atoms with Crippen LogP contribution in [-0.2, 0) is 14.8 Å². The third kappa shape index (κ3) is 4.53. The first-order valence-corrected chi connectivity index (χ1v) is 9.53. The topological polar surface area (TPSA) is 66.5 Å². The number of hydrogen-bond acceptors (Lipinski definition) is 4. The lowest BCUT2D eigenvalue weighted by molar-refractivity contribution is -0.122. The van der Waals surface area contributed by atoms with Crippen molar-refractivity contribution in [2.45, 2.75) is 51.0 Å². The Hall–Kier alpha value is -0.460. The monoisotopic (exact) mass is 302 g/mol. The highest BCUT2D eigenvalue weighted by atomic mass is 32.2. The predicted octanol–water partition coefficient (Wildman–Crippen LogP) is 1.15. The molecule has 5 nitrogen and oxygen atoms in total. The van der Waals surface area contributed by atoms with E-state index in [1.54, 1.807) is 0 Å². The molecular weight excluding hydrogens is 276 g/mol. The van der Waals surface area contributed by atoms with Crippen LogP contribution in [0.25, 0.3) is 0 Å². The minimum Gasteiger partial charge on any atom is -0.307 e. The molecule has 0 aromatic heterocycles. The molecule has 1 N–H and O–H groups in total. The number of nitrogens with zero attached hydrogens (tertiary/aromatic N) is 1. The Morgan fingerprint density at radius 1 is 1.20 bits per heavy atom. The molecular formula is C14H26N2O3S. The van der Waals surface area contributed by atoms with E-state index in [0.29, 0.717) is 19.5 Å². The summed E-state index contributed by atoms with van der Waals surface area (Å²) in [5.74, 6) is 0.461. The smallest absolute Gasteiger partial charge is 0.211 e. The Labute approximate surface area is 122 Å². The van der Waals surface area contributed by atoms with Crippen LogP contribution in [-0.4, -0.2) is 50.4 Å². The van der Waals surface area contributed by atoms with Crippen molar-refractivity contribution in [3.8, 4) is 0 Å². The second-order valence-corrected chi connectivity index (χ2v) is 8.14. The minimum atomic E-state index is -3.12. The van der Waals surface area contributed by atoms with Crippen molar-refractivity contribution in [1.29, 1.82) is 0 Å². The zero-order valence-corrected chi connectivity index (χ0v) is 13.1. The van der Waals surface area contributed by atoms with Gasteiger partial charge in [0.15, 0.2) is 0 Å². The summed E-state index contributed by atoms with van der Waals surface area (Å²) in [7, 11) is -3.12. The number of carbonyl (C=O) groups excluding carboxylic acids is 1. The second-order valence-electron chi connectivity index (χ2n) is 6.16. The molecule has 0 aromatic carbocycles. The number of nitrogens with one attached hydrogen (secondary N) is 1. The summed E-state index contributed by atoms with van der Waals surface area (Å²) in [6.45, 7) is 2.04. The van der Waals surface area contributed by atoms with E-state index in [-0.39, 0.29) is 17.7 Å². The van der Waals surface area contributed by atoms with Gasteiger partial charge in [0, 0.05) is 19.5 Å². The van der Waals surface area contributed by atoms with Crippen LogP contribution in [0, 0.1) is 5.92 Å². The maximum Gasteiger partial charge on any atom is 0.211 e. The average Bonchev–Trinajstić information content (AvgIpc) is 2.67. The second kappa shape index (κ2) is 7.00. The van der Waals surface area contributed by atoms with E-state index in [4.69, 9.17) is 0 Å². The third-order valence-electron chi connectivity index (χ3n) is 4.39. The van der Waals surface area contributed by atoms with Crippen molar-refractivity contribution in [3.63, 3.8) is 0 Å². The Balaban J connectivity index is 1.87. The fraction of sp³-hybridized carbons (Fsp3) is 0.929. The fourth-order valence-corrected chi connectivity index (χ4v) is 4.17. The van der Waals surface area contributed by atoms with Crippen LogP contribution in [0.15, 0.2) is 0 Å². The number of rotatable bonds is 4. The normalized spacial score (nSPS) is 29.9. The molecule has 0 aliphatic carbocycles. The predicted molar refractivity (Wildman–Crippen MR) is 79.0 cm³/mol. The van der Waals surface area contributed by atoms with Gasteiger partial charge in [0.2, 0.25) is 10.0 Å². The third-order valence-corrected chi connectivity index (χ3v) is 5.66. The number of hydrogen-bond donors (Lipinski definition) is 1. The van der Waals surface area contributed by atoms with Gasteiger partial charge >= 0.3 is 0 Å². The first kappa shape index (κ1) is 15.9. The van der Waals surface area contributed by atoms with E-state index in [0.717, 1.165) is 38.6 Å². The molecule has 2 saturated heterocycles. The number of carbonyl (C=O) groups is 1. The number of sulfonamides is 1. The van der Waals surface area contributed by atoms with Crippen LogP contribution < -0.4 is 5.32 Å². The van der Waals surface area contributed by atoms with Crippen molar-refractivity contribution >= 4 is 15.8 Å². The van der Waals surface area contributed by atoms with Crippen molar-refractivity contribution in [2.24, 2.45) is 5.92 Å². The molecule has 0 spiro atoms. The van der Waals surface area contributed by atoms with Crippen LogP contribution in [0.5, 0.6) is 0 Å². The summed E-state index contributed by atoms with van der Waals surface area (Å²) in [5, 5.41) is 3.33. The summed E-state index contributed by atoms with van der Waals surface area (Å²) in [4.78, 5) is 12.3. The van der Waals surface area contributed by atoms with Crippen LogP contribution in [0.2, 0.25) is 0 Å². The summed E-state index contributed by atoms with van der Waals surface area (Å²) in [6.07, 6.45) is 7.99. The first-order valence-electron chi connectivity index (χ1n) is 7.68. The van der Waals surface area contributed by atoms with Crippen molar-refractivity contribution < 1.29 is 13.2 Å². The summed E-state index contributed by atoms with van der Waals surface area (Å²) >= 11 is 0. The molecule has 2 heterocycles. The first-order chi connectivity index (χ1) is 9.47. The SMILES string of the molecule is CS(=O)(=O)N1CCCC(CC(=O)C2CCCCCN2)C1. The number of piperidine rings is 1. The standard InChI is InChI=1S/C14H26N2O3S/c1-20(18,19)16-9-5-6-12(11-16)10-14(17)13-7-3-2-4-8-15-13/h12-13,15H,2-11H2,1H3. The Morgan fingerprint density at radius 2 is 2.00 bits per heavy atom. The summed E-state index contributed by atoms with van der Waals surface area (Å²) in [5.41, 5.74) is 0. The highest BCUT2D eigenvalue weighted by Crippen LogP contribution is 2.23. The Kier molecular flexibility index (Phi) is 5.57. The highest BCUT2D eigenvalue weighted by molar-refractivity contribution is 7.88. The van der Waals surface area contributed by atoms with E-state index < -0.39 is 10.0 Å². The lowest BCUT2D eigenvalue weighted by Crippen LogP contribution is -2.42. The van der Waals surface area contributed by atoms with E-state index >= 15 is 0 Å². The van der Waals surface area contributed by atoms with Gasteiger partial charge in [0.05, 0.1) is 12.3 Å². The zero-order valence-electron chi connectivity index (χ0n) is 12.3. The molecule has 0 radical (unpaired) electrons. The number of Topliss-reactive ketones (excluding diaryl/α,β-unsaturated/α-hetero) is 1. The van der Waals surface area contributed by atoms with Crippen LogP contribution in [0.1, 0.15) is 44.9 Å². The van der Waals surface area contributed by atoms with Gasteiger partial charge in [0.1, 0.15) is 5.78 Å². The fourth-order valence-electron chi connectivity index (χ4n) is 3.22. The minimum absolute atomic E-state index is 0.00823. The molecule has 6 heteroatoms. The van der Waals surface area contributed by atoms with E-state index in [9.17, 15) is 13.2 Å². The van der Waals surface area contributed by atoms with Crippen molar-refractivity contribution in [3.05, 3.63) is 0 Å². The number of ketones is 1. The van der Waals surface area contributed by atoms with Gasteiger partial charge < -0.3 is 5.32 Å². The molecule has 116 valence electrons. The molecule has 2 aliphatic rings. The van der Waals surface area contributed by atoms with Gasteiger partial charge in [-0.15, -0.1) is 0 Å². The molecule has 0 saturated carbocycles. The Bertz CT molecular complexity index is 428. The molecule has 0 amide bonds. The molecule has 0 bridgehead atoms. The van der Waals surface area contributed by atoms with Gasteiger partial charge in [-0.25, -0.2) is 12.7 Å². The highest BCUT2D eigenvalue weighted by Gasteiger charge is 2.29. The zero-order chi connectivity index (χ0) is 14.6. The van der Waals surface area contributed by atoms with E-state index in [1.807, 2.05) is 0 Å². The average molecular weight is 302 g/mol. The van der Waals surface area contributed by atoms with E-state index in [1.165, 1.54) is 17.0 Å². The van der Waals surface area contributed by atoms with Crippen LogP contribution in [0.4, 0.5) is 0 Å². The van der Waals surface area contributed by atoms with Crippen LogP contribution >= 0.6 is 0 Å². The molecule has 2 rings (SSSR count). The van der Waals surface area contributed by atoms with Crippen molar-refractivity contribution in [2.75, 3.05) is 25.9 Å². The quantitative estimate of drug-likeness (QED) is 0.846. The van der Waals surface area contributed by atoms with Gasteiger partial charge in [-0.2, -0.15) is 0 Å². The Morgan fingerprint density at radius 3 is 2.75 bits per heavy atom. The molecule has 2 fully saturated rings. The molecule has 2 atom stereocenters. The molecule has 2 unspecified atom stereocenters. The van der Waals surface area contributed by atoms with E-state index in [2.05, 4.69) is 5.32 Å². The molecule has 20 heavy (non-hydrogen) atoms. The van der Waals surface area contributed by atoms with Gasteiger partial charge in [-0.1, -0.05) is 12.8 Å². The largest absolute Gasteiger partial charge is 0.307 e. The molecule has 0 aromatic rings. The maximum atomic E-state index is 12.3. The van der Waals surface area contributed by atoms with Crippen molar-refractivity contribution in [1.82, 2.24) is 9.62 Å². The van der Waals surface area contributed by atoms with Gasteiger partial charge in [-0.05, 0) is 38.1 Å². The molecule has 2 aliphatic heterocycles. The summed E-state index contributed by atoms with van der Waals surface area (Å²) in [6, 6.07) is -0.00823. The lowest BCUT2D eigenvalue weighted by atomic mass is 9.91. The van der Waals surface area contributed by atoms with Gasteiger partial charge in [0.25, 0.3) is 0 Å².